The van der Waals surface area contributed by atoms with Crippen molar-refractivity contribution in [2.75, 3.05) is 0 Å². The standard InChI is InChI=1S/C12H19N/c1-5-8-11(4)12(6-2)9-10-13-7-3/h6-7,9-11H,2-3,5,8H2,1,4H3/b12-9+,13-10-. The van der Waals surface area contributed by atoms with Gasteiger partial charge in [-0.1, -0.05) is 39.5 Å². The average molecular weight is 177 g/mol. The number of aliphatic imine (C=N–C) groups is 1. The van der Waals surface area contributed by atoms with Gasteiger partial charge in [0.1, 0.15) is 0 Å². The molecule has 0 heterocycles. The van der Waals surface area contributed by atoms with Gasteiger partial charge in [-0.15, -0.1) is 0 Å². The lowest BCUT2D eigenvalue weighted by molar-refractivity contribution is 0.614. The van der Waals surface area contributed by atoms with Crippen molar-refractivity contribution in [1.82, 2.24) is 0 Å². The van der Waals surface area contributed by atoms with Crippen molar-refractivity contribution in [3.63, 3.8) is 0 Å². The van der Waals surface area contributed by atoms with Crippen molar-refractivity contribution in [3.8, 4) is 0 Å². The largest absolute Gasteiger partial charge is 0.265 e. The molecule has 72 valence electrons. The van der Waals surface area contributed by atoms with Gasteiger partial charge < -0.3 is 0 Å². The Morgan fingerprint density at radius 3 is 2.62 bits per heavy atom. The summed E-state index contributed by atoms with van der Waals surface area (Å²) in [5.41, 5.74) is 1.24. The van der Waals surface area contributed by atoms with E-state index in [1.807, 2.05) is 12.2 Å². The van der Waals surface area contributed by atoms with Crippen molar-refractivity contribution in [1.29, 1.82) is 0 Å². The van der Waals surface area contributed by atoms with Gasteiger partial charge >= 0.3 is 0 Å². The highest BCUT2D eigenvalue weighted by Crippen LogP contribution is 2.16. The molecule has 0 saturated heterocycles. The predicted molar refractivity (Wildman–Crippen MR) is 61.0 cm³/mol. The van der Waals surface area contributed by atoms with Gasteiger partial charge in [0.2, 0.25) is 0 Å². The fourth-order valence-electron chi connectivity index (χ4n) is 1.22. The van der Waals surface area contributed by atoms with Gasteiger partial charge in [0.25, 0.3) is 0 Å². The molecule has 0 N–H and O–H groups in total. The molecule has 0 aromatic heterocycles. The van der Waals surface area contributed by atoms with Crippen LogP contribution in [-0.4, -0.2) is 6.21 Å². The smallest absolute Gasteiger partial charge is 0.0270 e. The molecule has 0 fully saturated rings. The molecular weight excluding hydrogens is 158 g/mol. The lowest BCUT2D eigenvalue weighted by atomic mass is 9.96. The molecule has 0 aliphatic rings. The molecule has 1 atom stereocenters. The minimum Gasteiger partial charge on any atom is -0.265 e. The van der Waals surface area contributed by atoms with Crippen LogP contribution in [0, 0.1) is 5.92 Å². The molecule has 0 spiro atoms. The zero-order valence-electron chi connectivity index (χ0n) is 8.66. The molecule has 0 saturated carbocycles. The number of hydrogen-bond acceptors (Lipinski definition) is 1. The predicted octanol–water partition coefficient (Wildman–Crippen LogP) is 3.75. The molecular formula is C12H19N. The van der Waals surface area contributed by atoms with Crippen LogP contribution in [0.1, 0.15) is 26.7 Å². The highest BCUT2D eigenvalue weighted by molar-refractivity contribution is 5.73. The van der Waals surface area contributed by atoms with Gasteiger partial charge in [-0.3, -0.25) is 4.99 Å². The van der Waals surface area contributed by atoms with Crippen molar-refractivity contribution >= 4 is 6.21 Å². The maximum absolute atomic E-state index is 3.92. The summed E-state index contributed by atoms with van der Waals surface area (Å²) in [5, 5.41) is 0. The summed E-state index contributed by atoms with van der Waals surface area (Å²) in [6.45, 7) is 11.7. The number of nitrogens with zero attached hydrogens (tertiary/aromatic N) is 1. The summed E-state index contributed by atoms with van der Waals surface area (Å²) in [4.78, 5) is 3.92. The summed E-state index contributed by atoms with van der Waals surface area (Å²) in [7, 11) is 0. The van der Waals surface area contributed by atoms with Gasteiger partial charge in [-0.05, 0) is 24.0 Å². The Kier molecular flexibility index (Phi) is 6.89. The Bertz CT molecular complexity index is 211. The van der Waals surface area contributed by atoms with E-state index >= 15 is 0 Å². The molecule has 0 bridgehead atoms. The third kappa shape index (κ3) is 5.18. The first-order chi connectivity index (χ1) is 6.26. The summed E-state index contributed by atoms with van der Waals surface area (Å²) in [6.07, 6.45) is 9.58. The van der Waals surface area contributed by atoms with E-state index in [1.165, 1.54) is 24.6 Å². The quantitative estimate of drug-likeness (QED) is 0.433. The van der Waals surface area contributed by atoms with Crippen LogP contribution in [0.2, 0.25) is 0 Å². The second kappa shape index (κ2) is 7.53. The van der Waals surface area contributed by atoms with E-state index in [0.717, 1.165) is 0 Å². The summed E-state index contributed by atoms with van der Waals surface area (Å²) in [6, 6.07) is 0. The summed E-state index contributed by atoms with van der Waals surface area (Å²) < 4.78 is 0. The van der Waals surface area contributed by atoms with Crippen LogP contribution >= 0.6 is 0 Å². The Hall–Kier alpha value is -1.11. The Labute approximate surface area is 81.6 Å². The number of allylic oxidation sites excluding steroid dienone is 3. The Morgan fingerprint density at radius 1 is 1.46 bits per heavy atom. The SMILES string of the molecule is C=C/N=C\C=C(/C=C)C(C)CCC. The van der Waals surface area contributed by atoms with Crippen LogP contribution in [0.15, 0.2) is 42.1 Å². The molecule has 1 nitrogen and oxygen atoms in total. The topological polar surface area (TPSA) is 12.4 Å². The Balaban J connectivity index is 4.29. The third-order valence-corrected chi connectivity index (χ3v) is 1.98. The first-order valence-electron chi connectivity index (χ1n) is 4.72. The molecule has 1 unspecified atom stereocenters. The Morgan fingerprint density at radius 2 is 2.15 bits per heavy atom. The van der Waals surface area contributed by atoms with Crippen molar-refractivity contribution in [2.45, 2.75) is 26.7 Å². The van der Waals surface area contributed by atoms with E-state index in [0.29, 0.717) is 5.92 Å². The summed E-state index contributed by atoms with van der Waals surface area (Å²) in [5.74, 6) is 0.568. The van der Waals surface area contributed by atoms with Crippen LogP contribution in [-0.2, 0) is 0 Å². The van der Waals surface area contributed by atoms with E-state index in [4.69, 9.17) is 0 Å². The van der Waals surface area contributed by atoms with E-state index in [2.05, 4.69) is 32.0 Å². The second-order valence-corrected chi connectivity index (χ2v) is 3.04. The van der Waals surface area contributed by atoms with Crippen LogP contribution in [0.3, 0.4) is 0 Å². The fourth-order valence-corrected chi connectivity index (χ4v) is 1.22. The maximum atomic E-state index is 3.92. The number of hydrogen-bond donors (Lipinski definition) is 0. The molecule has 0 aromatic carbocycles. The van der Waals surface area contributed by atoms with Gasteiger partial charge in [0.15, 0.2) is 0 Å². The highest BCUT2D eigenvalue weighted by atomic mass is 14.6. The van der Waals surface area contributed by atoms with Crippen molar-refractivity contribution < 1.29 is 0 Å². The normalized spacial score (nSPS) is 14.5. The molecule has 1 heteroatoms. The monoisotopic (exact) mass is 177 g/mol. The first kappa shape index (κ1) is 11.9. The second-order valence-electron chi connectivity index (χ2n) is 3.04. The van der Waals surface area contributed by atoms with Crippen LogP contribution in [0.25, 0.3) is 0 Å². The van der Waals surface area contributed by atoms with Gasteiger partial charge in [-0.2, -0.15) is 0 Å². The molecule has 0 radical (unpaired) electrons. The average Bonchev–Trinajstić information content (AvgIpc) is 2.13. The van der Waals surface area contributed by atoms with E-state index in [-0.39, 0.29) is 0 Å². The molecule has 0 aliphatic heterocycles. The van der Waals surface area contributed by atoms with Crippen LogP contribution in [0.5, 0.6) is 0 Å². The van der Waals surface area contributed by atoms with Crippen LogP contribution in [0.4, 0.5) is 0 Å². The molecule has 0 aliphatic carbocycles. The van der Waals surface area contributed by atoms with Crippen LogP contribution < -0.4 is 0 Å². The van der Waals surface area contributed by atoms with E-state index in [1.54, 1.807) is 6.21 Å². The minimum atomic E-state index is 0.568. The molecule has 0 rings (SSSR count). The van der Waals surface area contributed by atoms with E-state index in [9.17, 15) is 0 Å². The summed E-state index contributed by atoms with van der Waals surface area (Å²) >= 11 is 0. The minimum absolute atomic E-state index is 0.568. The van der Waals surface area contributed by atoms with Crippen molar-refractivity contribution in [3.05, 3.63) is 37.1 Å². The zero-order chi connectivity index (χ0) is 10.1. The highest BCUT2D eigenvalue weighted by Gasteiger charge is 2.02. The lowest BCUT2D eigenvalue weighted by Crippen LogP contribution is -1.96. The fraction of sp³-hybridized carbons (Fsp3) is 0.417. The van der Waals surface area contributed by atoms with Crippen molar-refractivity contribution in [2.24, 2.45) is 10.9 Å². The maximum Gasteiger partial charge on any atom is 0.0270 e. The molecule has 0 amide bonds. The van der Waals surface area contributed by atoms with Gasteiger partial charge in [-0.25, -0.2) is 0 Å². The van der Waals surface area contributed by atoms with E-state index < -0.39 is 0 Å². The lowest BCUT2D eigenvalue weighted by Gasteiger charge is -2.09. The zero-order valence-corrected chi connectivity index (χ0v) is 8.66. The third-order valence-electron chi connectivity index (χ3n) is 1.98. The number of rotatable bonds is 6. The van der Waals surface area contributed by atoms with Gasteiger partial charge in [0, 0.05) is 12.4 Å². The first-order valence-corrected chi connectivity index (χ1v) is 4.72. The molecule has 13 heavy (non-hydrogen) atoms. The van der Waals surface area contributed by atoms with Gasteiger partial charge in [0.05, 0.1) is 0 Å². The molecule has 0 aromatic rings.